The zero-order chi connectivity index (χ0) is 28.3. The Bertz CT molecular complexity index is 1530. The normalized spacial score (nSPS) is 11.7. The molecule has 0 bridgehead atoms. The summed E-state index contributed by atoms with van der Waals surface area (Å²) in [4.78, 5) is 30.8. The summed E-state index contributed by atoms with van der Waals surface area (Å²) in [5.74, 6) is -1.45. The first-order chi connectivity index (χ1) is 18.6. The Hall–Kier alpha value is -4.23. The van der Waals surface area contributed by atoms with Crippen LogP contribution in [0.1, 0.15) is 36.1 Å². The van der Waals surface area contributed by atoms with Gasteiger partial charge in [-0.15, -0.1) is 0 Å². The lowest BCUT2D eigenvalue weighted by molar-refractivity contribution is 0.0791. The first-order valence-corrected chi connectivity index (χ1v) is 12.3. The molecule has 0 spiro atoms. The third-order valence-electron chi connectivity index (χ3n) is 5.56. The van der Waals surface area contributed by atoms with Crippen molar-refractivity contribution in [2.24, 2.45) is 7.05 Å². The molecule has 1 aromatic carbocycles. The number of aryl methyl sites for hydroxylation is 1. The molecule has 1 atom stereocenters. The van der Waals surface area contributed by atoms with Gasteiger partial charge in [0.05, 0.1) is 36.1 Å². The van der Waals surface area contributed by atoms with Gasteiger partial charge in [0.25, 0.3) is 5.88 Å². The van der Waals surface area contributed by atoms with E-state index in [4.69, 9.17) is 32.5 Å². The molecule has 4 rings (SSSR count). The van der Waals surface area contributed by atoms with Gasteiger partial charge in [-0.05, 0) is 42.8 Å². The van der Waals surface area contributed by atoms with Crippen molar-refractivity contribution < 1.29 is 23.2 Å². The standard InChI is InChI=1S/C24H23Cl2FN8O4/c1-5-35(32-23(36)19-9-20(38-4)33-39-19)24(37)30-12(2)22-17(27)6-13(10-28-22)15-7-14(25)8-16(26)21(15)18-11-29-34(3)31-18/h6-12H,5H2,1-4H3,(H,30,37)(H,32,36). The number of aromatic nitrogens is 5. The van der Waals surface area contributed by atoms with Crippen LogP contribution in [0, 0.1) is 5.82 Å². The fourth-order valence-corrected chi connectivity index (χ4v) is 4.27. The fourth-order valence-electron chi connectivity index (χ4n) is 3.68. The molecule has 3 amide bonds. The number of hydrazine groups is 1. The van der Waals surface area contributed by atoms with E-state index in [2.05, 4.69) is 31.1 Å². The predicted molar refractivity (Wildman–Crippen MR) is 139 cm³/mol. The van der Waals surface area contributed by atoms with Crippen LogP contribution in [-0.2, 0) is 7.05 Å². The van der Waals surface area contributed by atoms with Gasteiger partial charge >= 0.3 is 11.9 Å². The summed E-state index contributed by atoms with van der Waals surface area (Å²) < 4.78 is 25.1. The Labute approximate surface area is 232 Å². The van der Waals surface area contributed by atoms with Crippen molar-refractivity contribution in [3.05, 3.63) is 64.0 Å². The van der Waals surface area contributed by atoms with Crippen molar-refractivity contribution in [2.75, 3.05) is 13.7 Å². The Morgan fingerprint density at radius 1 is 1.23 bits per heavy atom. The molecule has 1 unspecified atom stereocenters. The predicted octanol–water partition coefficient (Wildman–Crippen LogP) is 4.42. The van der Waals surface area contributed by atoms with Crippen molar-refractivity contribution in [1.29, 1.82) is 0 Å². The SMILES string of the molecule is CCN(NC(=O)c1cc(OC)no1)C(=O)NC(C)c1ncc(-c2cc(Cl)cc(Cl)c2-c2cnn(C)n2)cc1F. The highest BCUT2D eigenvalue weighted by molar-refractivity contribution is 6.37. The molecule has 0 saturated heterocycles. The fraction of sp³-hybridized carbons (Fsp3) is 0.250. The zero-order valence-electron chi connectivity index (χ0n) is 21.2. The number of hydrogen-bond acceptors (Lipinski definition) is 8. The van der Waals surface area contributed by atoms with Gasteiger partial charge in [0.15, 0.2) is 0 Å². The van der Waals surface area contributed by atoms with Gasteiger partial charge in [0.1, 0.15) is 11.5 Å². The van der Waals surface area contributed by atoms with Gasteiger partial charge in [-0.2, -0.15) is 15.0 Å². The largest absolute Gasteiger partial charge is 0.479 e. The van der Waals surface area contributed by atoms with Crippen molar-refractivity contribution in [1.82, 2.24) is 40.9 Å². The van der Waals surface area contributed by atoms with E-state index in [1.165, 1.54) is 36.4 Å². The monoisotopic (exact) mass is 576 g/mol. The molecular weight excluding hydrogens is 554 g/mol. The van der Waals surface area contributed by atoms with Gasteiger partial charge in [-0.3, -0.25) is 15.2 Å². The summed E-state index contributed by atoms with van der Waals surface area (Å²) in [6.45, 7) is 3.30. The highest BCUT2D eigenvalue weighted by atomic mass is 35.5. The second-order valence-corrected chi connectivity index (χ2v) is 9.05. The molecule has 4 aromatic rings. The molecule has 204 valence electrons. The number of carbonyl (C=O) groups is 2. The summed E-state index contributed by atoms with van der Waals surface area (Å²) in [5, 5.41) is 16.2. The van der Waals surface area contributed by atoms with E-state index in [0.29, 0.717) is 32.4 Å². The van der Waals surface area contributed by atoms with E-state index in [0.717, 1.165) is 5.01 Å². The number of benzene rings is 1. The number of pyridine rings is 1. The van der Waals surface area contributed by atoms with E-state index in [9.17, 15) is 9.59 Å². The van der Waals surface area contributed by atoms with Crippen molar-refractivity contribution in [3.63, 3.8) is 0 Å². The lowest BCUT2D eigenvalue weighted by Crippen LogP contribution is -2.51. The molecule has 0 saturated carbocycles. The molecule has 3 heterocycles. The van der Waals surface area contributed by atoms with Crippen molar-refractivity contribution in [3.8, 4) is 28.3 Å². The summed E-state index contributed by atoms with van der Waals surface area (Å²) in [7, 11) is 3.03. The Kier molecular flexibility index (Phi) is 8.31. The lowest BCUT2D eigenvalue weighted by Gasteiger charge is -2.24. The number of nitrogens with one attached hydrogen (secondary N) is 2. The quantitative estimate of drug-likeness (QED) is 0.308. The van der Waals surface area contributed by atoms with Crippen LogP contribution in [0.5, 0.6) is 5.88 Å². The molecule has 15 heteroatoms. The maximum atomic E-state index is 15.3. The van der Waals surface area contributed by atoms with E-state index in [-0.39, 0.29) is 23.9 Å². The number of amides is 3. The number of hydrogen-bond donors (Lipinski definition) is 2. The van der Waals surface area contributed by atoms with Gasteiger partial charge in [-0.1, -0.05) is 23.2 Å². The average Bonchev–Trinajstić information content (AvgIpc) is 3.55. The number of urea groups is 1. The molecule has 0 fully saturated rings. The van der Waals surface area contributed by atoms with Crippen LogP contribution in [-0.4, -0.2) is 55.7 Å². The number of rotatable bonds is 7. The number of carbonyl (C=O) groups excluding carboxylic acids is 2. The summed E-state index contributed by atoms with van der Waals surface area (Å²) in [6.07, 6.45) is 2.98. The minimum atomic E-state index is -0.856. The molecule has 12 nitrogen and oxygen atoms in total. The molecule has 3 aromatic heterocycles. The summed E-state index contributed by atoms with van der Waals surface area (Å²) in [5.41, 5.74) is 4.27. The van der Waals surface area contributed by atoms with Crippen LogP contribution in [0.2, 0.25) is 10.0 Å². The van der Waals surface area contributed by atoms with Crippen LogP contribution in [0.25, 0.3) is 22.4 Å². The third-order valence-corrected chi connectivity index (χ3v) is 6.08. The van der Waals surface area contributed by atoms with E-state index < -0.39 is 23.8 Å². The second kappa shape index (κ2) is 11.7. The molecule has 2 N–H and O–H groups in total. The summed E-state index contributed by atoms with van der Waals surface area (Å²) >= 11 is 12.7. The third kappa shape index (κ3) is 6.10. The van der Waals surface area contributed by atoms with Crippen LogP contribution in [0.4, 0.5) is 9.18 Å². The Balaban J connectivity index is 1.53. The average molecular weight is 577 g/mol. The minimum absolute atomic E-state index is 0.0244. The van der Waals surface area contributed by atoms with E-state index in [1.54, 1.807) is 33.0 Å². The molecule has 0 aliphatic carbocycles. The van der Waals surface area contributed by atoms with Crippen molar-refractivity contribution in [2.45, 2.75) is 19.9 Å². The topological polar surface area (TPSA) is 140 Å². The molecule has 0 aliphatic heterocycles. The van der Waals surface area contributed by atoms with E-state index >= 15 is 4.39 Å². The van der Waals surface area contributed by atoms with Gasteiger partial charge < -0.3 is 14.6 Å². The van der Waals surface area contributed by atoms with Gasteiger partial charge in [0, 0.05) is 35.9 Å². The highest BCUT2D eigenvalue weighted by Gasteiger charge is 2.24. The van der Waals surface area contributed by atoms with Crippen LogP contribution in [0.3, 0.4) is 0 Å². The first-order valence-electron chi connectivity index (χ1n) is 11.5. The molecule has 0 aliphatic rings. The maximum absolute atomic E-state index is 15.3. The van der Waals surface area contributed by atoms with Crippen LogP contribution in [0.15, 0.2) is 41.2 Å². The van der Waals surface area contributed by atoms with Gasteiger partial charge in [0.2, 0.25) is 5.76 Å². The second-order valence-electron chi connectivity index (χ2n) is 8.21. The lowest BCUT2D eigenvalue weighted by atomic mass is 9.98. The van der Waals surface area contributed by atoms with Crippen LogP contribution >= 0.6 is 23.2 Å². The van der Waals surface area contributed by atoms with Gasteiger partial charge in [-0.25, -0.2) is 14.2 Å². The minimum Gasteiger partial charge on any atom is -0.479 e. The molecule has 0 radical (unpaired) electrons. The number of ether oxygens (including phenoxy) is 1. The van der Waals surface area contributed by atoms with E-state index in [1.807, 2.05) is 0 Å². The maximum Gasteiger partial charge on any atom is 0.336 e. The number of nitrogens with zero attached hydrogens (tertiary/aromatic N) is 6. The van der Waals surface area contributed by atoms with Crippen LogP contribution < -0.4 is 15.5 Å². The Morgan fingerprint density at radius 2 is 2.00 bits per heavy atom. The zero-order valence-corrected chi connectivity index (χ0v) is 22.7. The Morgan fingerprint density at radius 3 is 2.62 bits per heavy atom. The number of halogens is 3. The number of methoxy groups -OCH3 is 1. The molecular formula is C24H23Cl2FN8O4. The highest BCUT2D eigenvalue weighted by Crippen LogP contribution is 2.39. The summed E-state index contributed by atoms with van der Waals surface area (Å²) in [6, 6.07) is 4.18. The van der Waals surface area contributed by atoms with Crippen molar-refractivity contribution >= 4 is 35.1 Å². The molecule has 39 heavy (non-hydrogen) atoms. The first kappa shape index (κ1) is 27.8. The smallest absolute Gasteiger partial charge is 0.336 e.